The van der Waals surface area contributed by atoms with Crippen LogP contribution in [-0.2, 0) is 7.05 Å². The van der Waals surface area contributed by atoms with Gasteiger partial charge < -0.3 is 15.4 Å². The summed E-state index contributed by atoms with van der Waals surface area (Å²) in [5, 5.41) is 9.77. The molecule has 0 unspecified atom stereocenters. The second-order valence-corrected chi connectivity index (χ2v) is 3.70. The average Bonchev–Trinajstić information content (AvgIpc) is 2.60. The van der Waals surface area contributed by atoms with Gasteiger partial charge in [-0.1, -0.05) is 6.07 Å². The lowest BCUT2D eigenvalue weighted by Crippen LogP contribution is -2.06. The fourth-order valence-corrected chi connectivity index (χ4v) is 1.68. The lowest BCUT2D eigenvalue weighted by Gasteiger charge is -2.09. The number of aryl methyl sites for hydroxylation is 1. The summed E-state index contributed by atoms with van der Waals surface area (Å²) in [5.41, 5.74) is 8.26. The molecule has 80 valence electrons. The normalized spacial score (nSPS) is 13.3. The topological polar surface area (TPSA) is 64.1 Å². The van der Waals surface area contributed by atoms with Crippen molar-refractivity contribution < 1.29 is 5.11 Å². The predicted molar refractivity (Wildman–Crippen MR) is 59.3 cm³/mol. The van der Waals surface area contributed by atoms with Crippen molar-refractivity contribution in [2.24, 2.45) is 12.8 Å². The van der Waals surface area contributed by atoms with Crippen LogP contribution in [0.4, 0.5) is 0 Å². The Morgan fingerprint density at radius 3 is 3.07 bits per heavy atom. The molecule has 0 aliphatic rings. The predicted octanol–water partition coefficient (Wildman–Crippen LogP) is 0.956. The molecular weight excluding hydrogens is 190 g/mol. The Balaban J connectivity index is 2.38. The summed E-state index contributed by atoms with van der Waals surface area (Å²) in [6.45, 7) is 0.488. The number of aliphatic hydroxyl groups is 1. The molecule has 0 aliphatic heterocycles. The zero-order valence-corrected chi connectivity index (χ0v) is 8.72. The van der Waals surface area contributed by atoms with E-state index in [4.69, 9.17) is 5.73 Å². The van der Waals surface area contributed by atoms with Gasteiger partial charge in [0.2, 0.25) is 0 Å². The first-order chi connectivity index (χ1) is 7.22. The highest BCUT2D eigenvalue weighted by molar-refractivity contribution is 5.76. The van der Waals surface area contributed by atoms with E-state index in [-0.39, 0.29) is 0 Å². The van der Waals surface area contributed by atoms with Crippen molar-refractivity contribution in [3.05, 3.63) is 30.1 Å². The van der Waals surface area contributed by atoms with E-state index in [0.29, 0.717) is 13.0 Å². The van der Waals surface area contributed by atoms with Gasteiger partial charge in [0.15, 0.2) is 0 Å². The molecule has 4 heteroatoms. The zero-order valence-electron chi connectivity index (χ0n) is 8.72. The Kier molecular flexibility index (Phi) is 2.70. The molecule has 0 bridgehead atoms. The molecule has 3 N–H and O–H groups in total. The van der Waals surface area contributed by atoms with Crippen molar-refractivity contribution in [1.82, 2.24) is 9.55 Å². The zero-order chi connectivity index (χ0) is 10.8. The van der Waals surface area contributed by atoms with Gasteiger partial charge in [-0.25, -0.2) is 4.98 Å². The van der Waals surface area contributed by atoms with E-state index in [1.807, 2.05) is 29.8 Å². The number of benzene rings is 1. The Bertz CT molecular complexity index is 464. The molecule has 0 fully saturated rings. The van der Waals surface area contributed by atoms with Crippen molar-refractivity contribution >= 4 is 11.0 Å². The smallest absolute Gasteiger partial charge is 0.0955 e. The summed E-state index contributed by atoms with van der Waals surface area (Å²) in [4.78, 5) is 4.24. The van der Waals surface area contributed by atoms with Crippen LogP contribution in [0, 0.1) is 0 Å². The molecule has 1 atom stereocenters. The minimum Gasteiger partial charge on any atom is -0.388 e. The van der Waals surface area contributed by atoms with Crippen LogP contribution >= 0.6 is 0 Å². The highest BCUT2D eigenvalue weighted by Gasteiger charge is 2.08. The van der Waals surface area contributed by atoms with Crippen LogP contribution in [0.25, 0.3) is 11.0 Å². The van der Waals surface area contributed by atoms with E-state index >= 15 is 0 Å². The van der Waals surface area contributed by atoms with E-state index in [9.17, 15) is 5.11 Å². The number of aromatic nitrogens is 2. The van der Waals surface area contributed by atoms with Crippen molar-refractivity contribution in [2.45, 2.75) is 12.5 Å². The maximum absolute atomic E-state index is 9.77. The van der Waals surface area contributed by atoms with Crippen LogP contribution in [0.3, 0.4) is 0 Å². The van der Waals surface area contributed by atoms with Gasteiger partial charge in [-0.15, -0.1) is 0 Å². The van der Waals surface area contributed by atoms with Crippen molar-refractivity contribution in [3.63, 3.8) is 0 Å². The van der Waals surface area contributed by atoms with Crippen LogP contribution in [0.1, 0.15) is 18.1 Å². The number of rotatable bonds is 3. The largest absolute Gasteiger partial charge is 0.388 e. The Morgan fingerprint density at radius 2 is 2.33 bits per heavy atom. The quantitative estimate of drug-likeness (QED) is 0.784. The maximum Gasteiger partial charge on any atom is 0.0955 e. The maximum atomic E-state index is 9.77. The molecule has 4 nitrogen and oxygen atoms in total. The first-order valence-corrected chi connectivity index (χ1v) is 5.01. The molecule has 2 rings (SSSR count). The molecule has 2 aromatic rings. The Morgan fingerprint density at radius 1 is 1.53 bits per heavy atom. The molecule has 0 saturated heterocycles. The van der Waals surface area contributed by atoms with Crippen LogP contribution in [0.2, 0.25) is 0 Å². The molecule has 0 spiro atoms. The van der Waals surface area contributed by atoms with Gasteiger partial charge in [-0.3, -0.25) is 0 Å². The molecule has 1 aromatic carbocycles. The van der Waals surface area contributed by atoms with Crippen LogP contribution in [0.15, 0.2) is 24.5 Å². The SMILES string of the molecule is Cn1cnc2cc([C@@H](O)CCN)ccc21. The third-order valence-corrected chi connectivity index (χ3v) is 2.57. The fraction of sp³-hybridized carbons (Fsp3) is 0.364. The lowest BCUT2D eigenvalue weighted by atomic mass is 10.1. The number of hydrogen-bond acceptors (Lipinski definition) is 3. The Labute approximate surface area is 88.3 Å². The van der Waals surface area contributed by atoms with E-state index in [0.717, 1.165) is 16.6 Å². The minimum absolute atomic E-state index is 0.485. The summed E-state index contributed by atoms with van der Waals surface area (Å²) in [6.07, 6.45) is 1.86. The molecule has 0 amide bonds. The number of nitrogens with zero attached hydrogens (tertiary/aromatic N) is 2. The number of nitrogens with two attached hydrogens (primary N) is 1. The summed E-state index contributed by atoms with van der Waals surface area (Å²) in [5.74, 6) is 0. The monoisotopic (exact) mass is 205 g/mol. The van der Waals surface area contributed by atoms with Crippen molar-refractivity contribution in [2.75, 3.05) is 6.54 Å². The second kappa shape index (κ2) is 4.00. The van der Waals surface area contributed by atoms with E-state index in [1.165, 1.54) is 0 Å². The summed E-state index contributed by atoms with van der Waals surface area (Å²) in [6, 6.07) is 5.80. The molecule has 0 radical (unpaired) electrons. The third-order valence-electron chi connectivity index (χ3n) is 2.57. The van der Waals surface area contributed by atoms with Gasteiger partial charge in [-0.05, 0) is 30.7 Å². The summed E-state index contributed by atoms with van der Waals surface area (Å²) >= 11 is 0. The lowest BCUT2D eigenvalue weighted by molar-refractivity contribution is 0.170. The van der Waals surface area contributed by atoms with Gasteiger partial charge in [0.05, 0.1) is 23.5 Å². The van der Waals surface area contributed by atoms with Crippen LogP contribution in [-0.4, -0.2) is 21.2 Å². The van der Waals surface area contributed by atoms with Gasteiger partial charge in [0, 0.05) is 7.05 Å². The molecule has 1 aromatic heterocycles. The summed E-state index contributed by atoms with van der Waals surface area (Å²) in [7, 11) is 1.95. The van der Waals surface area contributed by atoms with Gasteiger partial charge in [-0.2, -0.15) is 0 Å². The molecule has 15 heavy (non-hydrogen) atoms. The van der Waals surface area contributed by atoms with E-state index < -0.39 is 6.10 Å². The van der Waals surface area contributed by atoms with Crippen molar-refractivity contribution in [1.29, 1.82) is 0 Å². The number of fused-ring (bicyclic) bond motifs is 1. The van der Waals surface area contributed by atoms with Crippen LogP contribution < -0.4 is 5.73 Å². The van der Waals surface area contributed by atoms with Crippen molar-refractivity contribution in [3.8, 4) is 0 Å². The van der Waals surface area contributed by atoms with E-state index in [2.05, 4.69) is 4.98 Å². The molecule has 0 aliphatic carbocycles. The van der Waals surface area contributed by atoms with Crippen LogP contribution in [0.5, 0.6) is 0 Å². The summed E-state index contributed by atoms with van der Waals surface area (Å²) < 4.78 is 1.95. The Hall–Kier alpha value is -1.39. The number of imidazole rings is 1. The van der Waals surface area contributed by atoms with Gasteiger partial charge in [0.25, 0.3) is 0 Å². The first-order valence-electron chi connectivity index (χ1n) is 5.01. The molecule has 1 heterocycles. The molecular formula is C11H15N3O. The number of hydrogen-bond donors (Lipinski definition) is 2. The molecule has 0 saturated carbocycles. The highest BCUT2D eigenvalue weighted by atomic mass is 16.3. The van der Waals surface area contributed by atoms with Gasteiger partial charge in [0.1, 0.15) is 0 Å². The fourth-order valence-electron chi connectivity index (χ4n) is 1.68. The third kappa shape index (κ3) is 1.86. The van der Waals surface area contributed by atoms with E-state index in [1.54, 1.807) is 6.33 Å². The second-order valence-electron chi connectivity index (χ2n) is 3.70. The standard InChI is InChI=1S/C11H15N3O/c1-14-7-13-9-6-8(2-3-10(9)14)11(15)4-5-12/h2-3,6-7,11,15H,4-5,12H2,1H3/t11-/m0/s1. The highest BCUT2D eigenvalue weighted by Crippen LogP contribution is 2.20. The minimum atomic E-state index is -0.485. The average molecular weight is 205 g/mol. The first kappa shape index (κ1) is 10.1. The number of aliphatic hydroxyl groups excluding tert-OH is 1. The van der Waals surface area contributed by atoms with Gasteiger partial charge >= 0.3 is 0 Å².